The molecule has 0 aromatic heterocycles. The van der Waals surface area contributed by atoms with E-state index >= 15 is 0 Å². The van der Waals surface area contributed by atoms with E-state index in [2.05, 4.69) is 5.32 Å². The highest BCUT2D eigenvalue weighted by Crippen LogP contribution is 2.55. The van der Waals surface area contributed by atoms with E-state index in [0.717, 1.165) is 44.3 Å². The van der Waals surface area contributed by atoms with Crippen LogP contribution in [0.4, 0.5) is 4.39 Å². The van der Waals surface area contributed by atoms with Crippen molar-refractivity contribution in [2.75, 3.05) is 13.1 Å². The van der Waals surface area contributed by atoms with Crippen LogP contribution in [0.25, 0.3) is 0 Å². The lowest BCUT2D eigenvalue weighted by Gasteiger charge is -2.42. The molecule has 22 heavy (non-hydrogen) atoms. The largest absolute Gasteiger partial charge is 0.317 e. The van der Waals surface area contributed by atoms with Crippen molar-refractivity contribution in [1.82, 2.24) is 5.32 Å². The van der Waals surface area contributed by atoms with E-state index in [-0.39, 0.29) is 11.2 Å². The Bertz CT molecular complexity index is 596. The molecule has 1 spiro atoms. The van der Waals surface area contributed by atoms with E-state index in [4.69, 9.17) is 5.14 Å². The number of piperidine rings is 1. The van der Waals surface area contributed by atoms with Crippen LogP contribution in [0.2, 0.25) is 0 Å². The molecule has 1 aromatic rings. The van der Waals surface area contributed by atoms with E-state index in [1.807, 2.05) is 19.9 Å². The van der Waals surface area contributed by atoms with Gasteiger partial charge in [0, 0.05) is 0 Å². The first kappa shape index (κ1) is 16.1. The average molecular weight is 324 g/mol. The van der Waals surface area contributed by atoms with Crippen molar-refractivity contribution in [3.8, 4) is 0 Å². The summed E-state index contributed by atoms with van der Waals surface area (Å²) in [5.74, 6) is 0.151. The zero-order valence-electron chi connectivity index (χ0n) is 13.3. The second-order valence-electron chi connectivity index (χ2n) is 7.45. The van der Waals surface area contributed by atoms with Crippen LogP contribution < -0.4 is 10.5 Å². The van der Waals surface area contributed by atoms with Crippen molar-refractivity contribution in [1.29, 1.82) is 0 Å². The molecule has 1 aliphatic carbocycles. The summed E-state index contributed by atoms with van der Waals surface area (Å²) in [6.07, 6.45) is 3.89. The highest BCUT2D eigenvalue weighted by molar-refractivity contribution is 7.84. The summed E-state index contributed by atoms with van der Waals surface area (Å²) >= 11 is 0. The Morgan fingerprint density at radius 2 is 2.09 bits per heavy atom. The minimum absolute atomic E-state index is 0.162. The highest BCUT2D eigenvalue weighted by atomic mass is 32.2. The Labute approximate surface area is 134 Å². The van der Waals surface area contributed by atoms with Gasteiger partial charge in [-0.2, -0.15) is 0 Å². The lowest BCUT2D eigenvalue weighted by atomic mass is 9.67. The Kier molecular flexibility index (Phi) is 4.16. The predicted molar refractivity (Wildman–Crippen MR) is 88.4 cm³/mol. The third-order valence-electron chi connectivity index (χ3n) is 5.60. The van der Waals surface area contributed by atoms with Gasteiger partial charge in [0.2, 0.25) is 0 Å². The van der Waals surface area contributed by atoms with Crippen molar-refractivity contribution in [2.45, 2.75) is 50.2 Å². The Morgan fingerprint density at radius 1 is 1.41 bits per heavy atom. The zero-order valence-corrected chi connectivity index (χ0v) is 14.1. The normalized spacial score (nSPS) is 25.2. The van der Waals surface area contributed by atoms with Crippen LogP contribution in [0.15, 0.2) is 18.2 Å². The van der Waals surface area contributed by atoms with E-state index in [0.29, 0.717) is 5.92 Å². The number of nitrogens with two attached hydrogens (primary N) is 1. The van der Waals surface area contributed by atoms with Crippen LogP contribution in [0.1, 0.15) is 50.2 Å². The highest BCUT2D eigenvalue weighted by Gasteiger charge is 2.48. The van der Waals surface area contributed by atoms with Gasteiger partial charge >= 0.3 is 0 Å². The summed E-state index contributed by atoms with van der Waals surface area (Å²) in [6.45, 7) is 5.94. The van der Waals surface area contributed by atoms with Crippen LogP contribution in [0.5, 0.6) is 0 Å². The quantitative estimate of drug-likeness (QED) is 0.898. The van der Waals surface area contributed by atoms with Gasteiger partial charge in [0.25, 0.3) is 0 Å². The van der Waals surface area contributed by atoms with Gasteiger partial charge in [0.1, 0.15) is 5.82 Å². The summed E-state index contributed by atoms with van der Waals surface area (Å²) in [6, 6.07) is 5.17. The van der Waals surface area contributed by atoms with Gasteiger partial charge in [-0.1, -0.05) is 6.07 Å². The number of halogens is 1. The lowest BCUT2D eigenvalue weighted by molar-refractivity contribution is 0.158. The molecule has 1 saturated heterocycles. The topological polar surface area (TPSA) is 55.1 Å². The molecule has 2 atom stereocenters. The zero-order chi connectivity index (χ0) is 16.0. The maximum atomic E-state index is 13.6. The lowest BCUT2D eigenvalue weighted by Crippen LogP contribution is -2.43. The summed E-state index contributed by atoms with van der Waals surface area (Å²) in [5, 5.41) is 9.13. The van der Waals surface area contributed by atoms with Gasteiger partial charge in [-0.25, -0.2) is 8.60 Å². The van der Waals surface area contributed by atoms with Crippen LogP contribution in [0.3, 0.4) is 0 Å². The number of fused-ring (bicyclic) bond motifs is 1. The van der Waals surface area contributed by atoms with Gasteiger partial charge in [-0.15, -0.1) is 0 Å². The number of nitrogens with one attached hydrogen (secondary N) is 1. The summed E-state index contributed by atoms with van der Waals surface area (Å²) in [5.41, 5.74) is 2.53. The molecule has 2 aliphatic rings. The maximum absolute atomic E-state index is 13.6. The number of hydrogen-bond donors (Lipinski definition) is 2. The molecule has 1 heterocycles. The van der Waals surface area contributed by atoms with E-state index < -0.39 is 15.7 Å². The average Bonchev–Trinajstić information content (AvgIpc) is 2.72. The fraction of sp³-hybridized carbons (Fsp3) is 0.647. The number of benzene rings is 1. The minimum atomic E-state index is -1.36. The monoisotopic (exact) mass is 324 g/mol. The first-order valence-corrected chi connectivity index (χ1v) is 9.21. The smallest absolute Gasteiger partial charge is 0.123 e. The molecule has 1 aromatic carbocycles. The standard InChI is InChI=1S/C17H25FN2OS/c1-16(2,22(19)21)11-15-14-4-3-13(18)9-12(14)10-17(15)5-7-20-8-6-17/h3-4,9,15,20H,5-8,10-11,19H2,1-2H3/t15-,22?/m1/s1. The maximum Gasteiger partial charge on any atom is 0.123 e. The summed E-state index contributed by atoms with van der Waals surface area (Å²) in [4.78, 5) is 0. The van der Waals surface area contributed by atoms with E-state index in [9.17, 15) is 8.60 Å². The molecule has 3 nitrogen and oxygen atoms in total. The molecule has 0 saturated carbocycles. The second kappa shape index (κ2) is 5.69. The van der Waals surface area contributed by atoms with Crippen LogP contribution in [-0.4, -0.2) is 22.0 Å². The van der Waals surface area contributed by atoms with Crippen molar-refractivity contribution in [3.63, 3.8) is 0 Å². The molecule has 3 N–H and O–H groups in total. The Morgan fingerprint density at radius 3 is 2.73 bits per heavy atom. The van der Waals surface area contributed by atoms with Crippen molar-refractivity contribution < 1.29 is 8.60 Å². The first-order chi connectivity index (χ1) is 10.3. The van der Waals surface area contributed by atoms with Gasteiger partial charge in [-0.05, 0) is 87.2 Å². The molecule has 1 unspecified atom stereocenters. The molecular formula is C17H25FN2OS. The van der Waals surface area contributed by atoms with E-state index in [1.54, 1.807) is 12.1 Å². The second-order valence-corrected chi connectivity index (χ2v) is 9.15. The first-order valence-electron chi connectivity index (χ1n) is 7.99. The fourth-order valence-corrected chi connectivity index (χ4v) is 4.58. The molecule has 122 valence electrons. The summed E-state index contributed by atoms with van der Waals surface area (Å²) in [7, 11) is -1.36. The summed E-state index contributed by atoms with van der Waals surface area (Å²) < 4.78 is 25.1. The molecule has 0 amide bonds. The Hall–Kier alpha value is -0.780. The Balaban J connectivity index is 2.00. The third kappa shape index (κ3) is 2.74. The molecule has 1 fully saturated rings. The molecule has 1 aliphatic heterocycles. The van der Waals surface area contributed by atoms with E-state index in [1.165, 1.54) is 5.56 Å². The molecular weight excluding hydrogens is 299 g/mol. The van der Waals surface area contributed by atoms with Gasteiger partial charge in [-0.3, -0.25) is 5.14 Å². The van der Waals surface area contributed by atoms with Crippen molar-refractivity contribution in [2.24, 2.45) is 10.6 Å². The molecule has 0 radical (unpaired) electrons. The molecule has 5 heteroatoms. The molecule has 3 rings (SSSR count). The number of rotatable bonds is 3. The number of hydrogen-bond acceptors (Lipinski definition) is 2. The van der Waals surface area contributed by atoms with Crippen LogP contribution >= 0.6 is 0 Å². The van der Waals surface area contributed by atoms with Crippen molar-refractivity contribution in [3.05, 3.63) is 35.1 Å². The predicted octanol–water partition coefficient (Wildman–Crippen LogP) is 2.63. The van der Waals surface area contributed by atoms with Crippen molar-refractivity contribution >= 4 is 11.0 Å². The minimum Gasteiger partial charge on any atom is -0.317 e. The fourth-order valence-electron chi connectivity index (χ4n) is 4.25. The van der Waals surface area contributed by atoms with Gasteiger partial charge in [0.15, 0.2) is 0 Å². The molecule has 0 bridgehead atoms. The third-order valence-corrected chi connectivity index (χ3v) is 6.86. The van der Waals surface area contributed by atoms with Gasteiger partial charge < -0.3 is 5.32 Å². The van der Waals surface area contributed by atoms with Crippen LogP contribution in [-0.2, 0) is 17.4 Å². The van der Waals surface area contributed by atoms with Crippen LogP contribution in [0, 0.1) is 11.2 Å². The SMILES string of the molecule is CC(C)(C[C@@H]1c2ccc(F)cc2CC12CCNCC2)S(N)=O. The van der Waals surface area contributed by atoms with Gasteiger partial charge in [0.05, 0.1) is 15.7 Å².